The van der Waals surface area contributed by atoms with Crippen molar-refractivity contribution < 1.29 is 9.84 Å². The van der Waals surface area contributed by atoms with Gasteiger partial charge in [0.05, 0.1) is 7.11 Å². The van der Waals surface area contributed by atoms with E-state index in [4.69, 9.17) is 4.74 Å². The van der Waals surface area contributed by atoms with Crippen LogP contribution in [0, 0.1) is 0 Å². The molecule has 0 spiro atoms. The fourth-order valence-corrected chi connectivity index (χ4v) is 2.43. The Morgan fingerprint density at radius 3 is 2.56 bits per heavy atom. The first-order valence-corrected chi connectivity index (χ1v) is 6.58. The second-order valence-corrected chi connectivity index (χ2v) is 6.02. The van der Waals surface area contributed by atoms with Gasteiger partial charge in [0, 0.05) is 11.6 Å². The quantitative estimate of drug-likeness (QED) is 0.846. The van der Waals surface area contributed by atoms with Gasteiger partial charge in [0.15, 0.2) is 11.5 Å². The molecular formula is C15H23NO2. The maximum atomic E-state index is 10.3. The number of hydrogen-bond donors (Lipinski definition) is 2. The second-order valence-electron chi connectivity index (χ2n) is 6.02. The van der Waals surface area contributed by atoms with E-state index in [0.717, 1.165) is 24.9 Å². The van der Waals surface area contributed by atoms with Gasteiger partial charge in [-0.15, -0.1) is 0 Å². The molecule has 1 aliphatic heterocycles. The molecule has 0 aromatic heterocycles. The Balaban J connectivity index is 2.49. The summed E-state index contributed by atoms with van der Waals surface area (Å²) in [5, 5.41) is 13.7. The molecule has 3 heteroatoms. The predicted molar refractivity (Wildman–Crippen MR) is 73.3 cm³/mol. The van der Waals surface area contributed by atoms with Crippen LogP contribution < -0.4 is 10.1 Å². The van der Waals surface area contributed by atoms with Crippen molar-refractivity contribution in [3.8, 4) is 11.5 Å². The van der Waals surface area contributed by atoms with Crippen LogP contribution in [0.1, 0.15) is 50.8 Å². The van der Waals surface area contributed by atoms with Crippen molar-refractivity contribution in [2.45, 2.75) is 45.1 Å². The molecule has 1 aromatic rings. The van der Waals surface area contributed by atoms with Gasteiger partial charge in [-0.05, 0) is 42.5 Å². The number of hydrogen-bond acceptors (Lipinski definition) is 3. The van der Waals surface area contributed by atoms with E-state index in [2.05, 4.69) is 32.2 Å². The minimum atomic E-state index is 0.0499. The molecule has 18 heavy (non-hydrogen) atoms. The van der Waals surface area contributed by atoms with Crippen LogP contribution in [0.2, 0.25) is 0 Å². The third-order valence-electron chi connectivity index (χ3n) is 3.63. The van der Waals surface area contributed by atoms with Crippen LogP contribution in [-0.4, -0.2) is 18.8 Å². The minimum absolute atomic E-state index is 0.0499. The molecule has 1 fully saturated rings. The van der Waals surface area contributed by atoms with Crippen molar-refractivity contribution in [3.63, 3.8) is 0 Å². The first-order chi connectivity index (χ1) is 8.43. The number of aromatic hydroxyl groups is 1. The van der Waals surface area contributed by atoms with Crippen LogP contribution in [0.3, 0.4) is 0 Å². The first-order valence-electron chi connectivity index (χ1n) is 6.58. The van der Waals surface area contributed by atoms with E-state index in [9.17, 15) is 5.11 Å². The molecule has 3 nitrogen and oxygen atoms in total. The van der Waals surface area contributed by atoms with Crippen LogP contribution in [0.25, 0.3) is 0 Å². The van der Waals surface area contributed by atoms with Gasteiger partial charge in [0.2, 0.25) is 0 Å². The lowest BCUT2D eigenvalue weighted by Crippen LogP contribution is -2.16. The Hall–Kier alpha value is -1.22. The van der Waals surface area contributed by atoms with Gasteiger partial charge >= 0.3 is 0 Å². The SMILES string of the molecule is COc1cc(C(C)(C)C)cc(C2CCCN2)c1O. The van der Waals surface area contributed by atoms with Gasteiger partial charge in [-0.3, -0.25) is 0 Å². The lowest BCUT2D eigenvalue weighted by Gasteiger charge is -2.23. The number of methoxy groups -OCH3 is 1. The lowest BCUT2D eigenvalue weighted by atomic mass is 9.84. The summed E-state index contributed by atoms with van der Waals surface area (Å²) in [7, 11) is 1.60. The third-order valence-corrected chi connectivity index (χ3v) is 3.63. The van der Waals surface area contributed by atoms with Crippen molar-refractivity contribution in [2.24, 2.45) is 0 Å². The van der Waals surface area contributed by atoms with Gasteiger partial charge in [-0.1, -0.05) is 20.8 Å². The van der Waals surface area contributed by atoms with Crippen molar-refractivity contribution in [1.29, 1.82) is 0 Å². The fraction of sp³-hybridized carbons (Fsp3) is 0.600. The molecule has 2 N–H and O–H groups in total. The maximum absolute atomic E-state index is 10.3. The first kappa shape index (κ1) is 13.2. The van der Waals surface area contributed by atoms with Crippen molar-refractivity contribution in [1.82, 2.24) is 5.32 Å². The molecule has 100 valence electrons. The highest BCUT2D eigenvalue weighted by molar-refractivity contribution is 5.51. The number of phenols is 1. The third kappa shape index (κ3) is 2.46. The van der Waals surface area contributed by atoms with Gasteiger partial charge in [0.25, 0.3) is 0 Å². The van der Waals surface area contributed by atoms with Gasteiger partial charge < -0.3 is 15.2 Å². The Labute approximate surface area is 109 Å². The second kappa shape index (κ2) is 4.81. The summed E-state index contributed by atoms with van der Waals surface area (Å²) in [6, 6.07) is 4.30. The largest absolute Gasteiger partial charge is 0.504 e. The Bertz CT molecular complexity index is 429. The molecule has 0 bridgehead atoms. The summed E-state index contributed by atoms with van der Waals surface area (Å²) in [6.07, 6.45) is 2.23. The highest BCUT2D eigenvalue weighted by Crippen LogP contribution is 2.40. The number of nitrogens with one attached hydrogen (secondary N) is 1. The molecule has 1 heterocycles. The van der Waals surface area contributed by atoms with Crippen LogP contribution in [0.4, 0.5) is 0 Å². The molecule has 1 saturated heterocycles. The van der Waals surface area contributed by atoms with E-state index in [0.29, 0.717) is 5.75 Å². The van der Waals surface area contributed by atoms with E-state index in [-0.39, 0.29) is 17.2 Å². The summed E-state index contributed by atoms with van der Waals surface area (Å²) < 4.78 is 5.30. The average molecular weight is 249 g/mol. The van der Waals surface area contributed by atoms with Crippen molar-refractivity contribution in [2.75, 3.05) is 13.7 Å². The molecule has 2 rings (SSSR count). The zero-order valence-electron chi connectivity index (χ0n) is 11.7. The van der Waals surface area contributed by atoms with Gasteiger partial charge in [0.1, 0.15) is 0 Å². The lowest BCUT2D eigenvalue weighted by molar-refractivity contribution is 0.365. The zero-order chi connectivity index (χ0) is 13.3. The number of rotatable bonds is 2. The molecule has 1 aliphatic rings. The topological polar surface area (TPSA) is 41.5 Å². The fourth-order valence-electron chi connectivity index (χ4n) is 2.43. The number of ether oxygens (including phenoxy) is 1. The van der Waals surface area contributed by atoms with E-state index < -0.39 is 0 Å². The Morgan fingerprint density at radius 2 is 2.06 bits per heavy atom. The molecule has 1 aromatic carbocycles. The van der Waals surface area contributed by atoms with E-state index >= 15 is 0 Å². The normalized spacial score (nSPS) is 20.1. The van der Waals surface area contributed by atoms with Crippen LogP contribution in [0.5, 0.6) is 11.5 Å². The summed E-state index contributed by atoms with van der Waals surface area (Å²) >= 11 is 0. The van der Waals surface area contributed by atoms with Gasteiger partial charge in [-0.2, -0.15) is 0 Å². The zero-order valence-corrected chi connectivity index (χ0v) is 11.7. The summed E-state index contributed by atoms with van der Waals surface area (Å²) in [5.41, 5.74) is 2.21. The monoisotopic (exact) mass is 249 g/mol. The molecular weight excluding hydrogens is 226 g/mol. The highest BCUT2D eigenvalue weighted by Gasteiger charge is 2.25. The summed E-state index contributed by atoms with van der Waals surface area (Å²) in [6.45, 7) is 7.53. The molecule has 0 saturated carbocycles. The molecule has 0 amide bonds. The van der Waals surface area contributed by atoms with Crippen LogP contribution in [-0.2, 0) is 5.41 Å². The van der Waals surface area contributed by atoms with E-state index in [1.54, 1.807) is 7.11 Å². The van der Waals surface area contributed by atoms with E-state index in [1.165, 1.54) is 5.56 Å². The molecule has 0 radical (unpaired) electrons. The Kier molecular flexibility index (Phi) is 3.53. The Morgan fingerprint density at radius 1 is 1.33 bits per heavy atom. The predicted octanol–water partition coefficient (Wildman–Crippen LogP) is 3.12. The smallest absolute Gasteiger partial charge is 0.162 e. The van der Waals surface area contributed by atoms with Gasteiger partial charge in [-0.25, -0.2) is 0 Å². The molecule has 0 aliphatic carbocycles. The number of benzene rings is 1. The maximum Gasteiger partial charge on any atom is 0.162 e. The highest BCUT2D eigenvalue weighted by atomic mass is 16.5. The number of phenolic OH excluding ortho intramolecular Hbond substituents is 1. The standard InChI is InChI=1S/C15H23NO2/c1-15(2,3)10-8-11(12-6-5-7-16-12)14(17)13(9-10)18-4/h8-9,12,16-17H,5-7H2,1-4H3. The summed E-state index contributed by atoms with van der Waals surface area (Å²) in [5.74, 6) is 0.857. The minimum Gasteiger partial charge on any atom is -0.504 e. The van der Waals surface area contributed by atoms with Crippen LogP contribution in [0.15, 0.2) is 12.1 Å². The summed E-state index contributed by atoms with van der Waals surface area (Å²) in [4.78, 5) is 0. The van der Waals surface area contributed by atoms with Crippen LogP contribution >= 0.6 is 0 Å². The van der Waals surface area contributed by atoms with E-state index in [1.807, 2.05) is 6.07 Å². The molecule has 1 unspecified atom stereocenters. The molecule has 1 atom stereocenters. The average Bonchev–Trinajstić information content (AvgIpc) is 2.81. The van der Waals surface area contributed by atoms with Crippen molar-refractivity contribution >= 4 is 0 Å². The van der Waals surface area contributed by atoms with Crippen molar-refractivity contribution in [3.05, 3.63) is 23.3 Å².